The van der Waals surface area contributed by atoms with Gasteiger partial charge in [0.05, 0.1) is 6.54 Å². The Morgan fingerprint density at radius 1 is 1.27 bits per heavy atom. The van der Waals surface area contributed by atoms with Crippen molar-refractivity contribution in [3.8, 4) is 0 Å². The average molecular weight is 302 g/mol. The van der Waals surface area contributed by atoms with Crippen molar-refractivity contribution in [2.45, 2.75) is 19.5 Å². The molecule has 0 unspecified atom stereocenters. The Bertz CT molecular complexity index is 674. The van der Waals surface area contributed by atoms with Crippen molar-refractivity contribution in [3.63, 3.8) is 0 Å². The van der Waals surface area contributed by atoms with Gasteiger partial charge in [-0.15, -0.1) is 0 Å². The van der Waals surface area contributed by atoms with Crippen LogP contribution in [0.25, 0.3) is 20.9 Å². The quantitative estimate of drug-likeness (QED) is 0.469. The van der Waals surface area contributed by atoms with Crippen LogP contribution in [0.5, 0.6) is 0 Å². The van der Waals surface area contributed by atoms with Crippen molar-refractivity contribution in [2.24, 2.45) is 10.2 Å². The Labute approximate surface area is 125 Å². The summed E-state index contributed by atoms with van der Waals surface area (Å²) in [6, 6.07) is 3.66. The average Bonchev–Trinajstić information content (AvgIpc) is 2.52. The molecule has 0 saturated carbocycles. The van der Waals surface area contributed by atoms with Crippen LogP contribution in [0.4, 0.5) is 5.69 Å². The Balaban J connectivity index is 3.07. The van der Waals surface area contributed by atoms with Crippen molar-refractivity contribution in [3.05, 3.63) is 50.2 Å². The molecule has 1 rings (SSSR count). The van der Waals surface area contributed by atoms with Crippen LogP contribution in [-0.2, 0) is 11.3 Å². The van der Waals surface area contributed by atoms with Crippen LogP contribution in [0.15, 0.2) is 28.4 Å². The van der Waals surface area contributed by atoms with Gasteiger partial charge in [-0.2, -0.15) is 0 Å². The molecule has 0 spiro atoms. The third-order valence-electron chi connectivity index (χ3n) is 2.70. The van der Waals surface area contributed by atoms with Crippen LogP contribution in [0.3, 0.4) is 0 Å². The molecular formula is C12H14N8O2. The highest BCUT2D eigenvalue weighted by molar-refractivity contribution is 5.98. The van der Waals surface area contributed by atoms with E-state index in [9.17, 15) is 9.59 Å². The number of benzene rings is 1. The Morgan fingerprint density at radius 3 is 2.59 bits per heavy atom. The topological polar surface area (TPSA) is 156 Å². The molecule has 0 bridgehead atoms. The SMILES string of the molecule is CNC(=O)[C@@H](C)NC(=O)c1cc(CN=[N+]=[N-])cc(N=[N+]=[N-])c1. The summed E-state index contributed by atoms with van der Waals surface area (Å²) in [5.74, 6) is -0.845. The molecule has 0 aliphatic heterocycles. The largest absolute Gasteiger partial charge is 0.357 e. The van der Waals surface area contributed by atoms with Gasteiger partial charge in [-0.25, -0.2) is 0 Å². The van der Waals surface area contributed by atoms with Gasteiger partial charge in [0.15, 0.2) is 0 Å². The summed E-state index contributed by atoms with van der Waals surface area (Å²) in [4.78, 5) is 28.8. The molecule has 22 heavy (non-hydrogen) atoms. The molecule has 114 valence electrons. The third kappa shape index (κ3) is 4.71. The number of carbonyl (C=O) groups excluding carboxylic acids is 2. The molecule has 2 amide bonds. The van der Waals surface area contributed by atoms with Crippen molar-refractivity contribution in [2.75, 3.05) is 7.05 Å². The molecule has 0 radical (unpaired) electrons. The highest BCUT2D eigenvalue weighted by Gasteiger charge is 2.16. The van der Waals surface area contributed by atoms with Gasteiger partial charge in [-0.05, 0) is 41.7 Å². The van der Waals surface area contributed by atoms with Gasteiger partial charge in [0, 0.05) is 28.1 Å². The van der Waals surface area contributed by atoms with E-state index in [-0.39, 0.29) is 23.7 Å². The lowest BCUT2D eigenvalue weighted by Gasteiger charge is -2.13. The molecule has 0 heterocycles. The van der Waals surface area contributed by atoms with E-state index in [0.717, 1.165) is 0 Å². The second-order valence-electron chi connectivity index (χ2n) is 4.28. The van der Waals surface area contributed by atoms with E-state index in [0.29, 0.717) is 5.56 Å². The maximum Gasteiger partial charge on any atom is 0.251 e. The predicted octanol–water partition coefficient (Wildman–Crippen LogP) is 2.30. The van der Waals surface area contributed by atoms with Gasteiger partial charge in [-0.1, -0.05) is 10.2 Å². The molecule has 0 aliphatic rings. The van der Waals surface area contributed by atoms with Gasteiger partial charge in [0.1, 0.15) is 6.04 Å². The van der Waals surface area contributed by atoms with E-state index in [1.54, 1.807) is 0 Å². The lowest BCUT2D eigenvalue weighted by Crippen LogP contribution is -2.43. The normalized spacial score (nSPS) is 10.6. The maximum absolute atomic E-state index is 12.1. The number of nitrogens with one attached hydrogen (secondary N) is 2. The van der Waals surface area contributed by atoms with Gasteiger partial charge < -0.3 is 10.6 Å². The molecule has 1 atom stereocenters. The minimum Gasteiger partial charge on any atom is -0.357 e. The van der Waals surface area contributed by atoms with E-state index < -0.39 is 11.9 Å². The lowest BCUT2D eigenvalue weighted by atomic mass is 10.1. The third-order valence-corrected chi connectivity index (χ3v) is 2.70. The van der Waals surface area contributed by atoms with E-state index >= 15 is 0 Å². The van der Waals surface area contributed by atoms with Gasteiger partial charge in [0.2, 0.25) is 5.91 Å². The highest BCUT2D eigenvalue weighted by Crippen LogP contribution is 2.19. The predicted molar refractivity (Wildman–Crippen MR) is 79.1 cm³/mol. The summed E-state index contributed by atoms with van der Waals surface area (Å²) >= 11 is 0. The van der Waals surface area contributed by atoms with E-state index in [1.807, 2.05) is 0 Å². The summed E-state index contributed by atoms with van der Waals surface area (Å²) in [7, 11) is 1.46. The molecule has 1 aromatic carbocycles. The molecule has 1 aromatic rings. The van der Waals surface area contributed by atoms with Crippen molar-refractivity contribution in [1.29, 1.82) is 0 Å². The van der Waals surface area contributed by atoms with Gasteiger partial charge >= 0.3 is 0 Å². The number of likely N-dealkylation sites (N-methyl/N-ethyl adjacent to an activating group) is 1. The van der Waals surface area contributed by atoms with E-state index in [1.165, 1.54) is 32.2 Å². The number of hydrogen-bond acceptors (Lipinski definition) is 4. The molecule has 0 aromatic heterocycles. The molecule has 10 nitrogen and oxygen atoms in total. The van der Waals surface area contributed by atoms with Gasteiger partial charge in [0.25, 0.3) is 5.91 Å². The zero-order valence-corrected chi connectivity index (χ0v) is 12.0. The Hall–Kier alpha value is -3.22. The molecule has 0 saturated heterocycles. The zero-order valence-electron chi connectivity index (χ0n) is 12.0. The first-order chi connectivity index (χ1) is 10.5. The molecule has 2 N–H and O–H groups in total. The Kier molecular flexibility index (Phi) is 6.24. The summed E-state index contributed by atoms with van der Waals surface area (Å²) in [6.07, 6.45) is 0. The second-order valence-corrected chi connectivity index (χ2v) is 4.28. The zero-order chi connectivity index (χ0) is 16.5. The van der Waals surface area contributed by atoms with Crippen molar-refractivity contribution >= 4 is 17.5 Å². The lowest BCUT2D eigenvalue weighted by molar-refractivity contribution is -0.122. The number of rotatable bonds is 6. The van der Waals surface area contributed by atoms with Crippen molar-refractivity contribution in [1.82, 2.24) is 10.6 Å². The molecule has 0 fully saturated rings. The first-order valence-corrected chi connectivity index (χ1v) is 6.24. The molecular weight excluding hydrogens is 288 g/mol. The smallest absolute Gasteiger partial charge is 0.251 e. The maximum atomic E-state index is 12.1. The van der Waals surface area contributed by atoms with Crippen LogP contribution < -0.4 is 10.6 Å². The summed E-state index contributed by atoms with van der Waals surface area (Å²) in [6.45, 7) is 1.55. The van der Waals surface area contributed by atoms with Gasteiger partial charge in [-0.3, -0.25) is 9.59 Å². The van der Waals surface area contributed by atoms with Crippen LogP contribution in [0.1, 0.15) is 22.8 Å². The number of hydrogen-bond donors (Lipinski definition) is 2. The Morgan fingerprint density at radius 2 is 2.00 bits per heavy atom. The minimum atomic E-state index is -0.721. The number of azide groups is 2. The monoisotopic (exact) mass is 302 g/mol. The first kappa shape index (κ1) is 16.8. The fourth-order valence-corrected chi connectivity index (χ4v) is 1.68. The summed E-state index contributed by atoms with van der Waals surface area (Å²) in [5, 5.41) is 11.8. The van der Waals surface area contributed by atoms with Crippen LogP contribution in [-0.4, -0.2) is 24.9 Å². The van der Waals surface area contributed by atoms with Crippen LogP contribution in [0, 0.1) is 0 Å². The summed E-state index contributed by atoms with van der Waals surface area (Å²) in [5.41, 5.74) is 17.8. The highest BCUT2D eigenvalue weighted by atomic mass is 16.2. The molecule has 10 heteroatoms. The van der Waals surface area contributed by atoms with Crippen molar-refractivity contribution < 1.29 is 9.59 Å². The second kappa shape index (κ2) is 8.15. The fourth-order valence-electron chi connectivity index (χ4n) is 1.68. The number of carbonyl (C=O) groups is 2. The van der Waals surface area contributed by atoms with E-state index in [2.05, 4.69) is 30.7 Å². The minimum absolute atomic E-state index is 0.0105. The first-order valence-electron chi connectivity index (χ1n) is 6.24. The summed E-state index contributed by atoms with van der Waals surface area (Å²) < 4.78 is 0. The van der Waals surface area contributed by atoms with Crippen LogP contribution in [0.2, 0.25) is 0 Å². The molecule has 0 aliphatic carbocycles. The van der Waals surface area contributed by atoms with Crippen LogP contribution >= 0.6 is 0 Å². The number of amides is 2. The fraction of sp³-hybridized carbons (Fsp3) is 0.333. The standard InChI is InChI=1S/C12H14N8O2/c1-7(11(21)15-2)17-12(22)9-3-8(6-16-19-13)4-10(5-9)18-20-14/h3-5,7H,6H2,1-2H3,(H,15,21)(H,17,22)/t7-/m1/s1. The number of nitrogens with zero attached hydrogens (tertiary/aromatic N) is 6. The van der Waals surface area contributed by atoms with E-state index in [4.69, 9.17) is 11.1 Å².